The third-order valence-corrected chi connectivity index (χ3v) is 3.57. The van der Waals surface area contributed by atoms with Gasteiger partial charge in [0, 0.05) is 36.8 Å². The summed E-state index contributed by atoms with van der Waals surface area (Å²) in [5.74, 6) is 0.504. The third kappa shape index (κ3) is 4.23. The molecule has 1 aromatic rings. The molecular formula is C14H21BrN4O2. The number of amides is 1. The van der Waals surface area contributed by atoms with E-state index in [4.69, 9.17) is 10.5 Å². The molecule has 6 nitrogen and oxygen atoms in total. The molecule has 0 unspecified atom stereocenters. The molecule has 1 aliphatic heterocycles. The summed E-state index contributed by atoms with van der Waals surface area (Å²) in [5.41, 5.74) is 6.35. The summed E-state index contributed by atoms with van der Waals surface area (Å²) in [6, 6.07) is 1.95. The summed E-state index contributed by atoms with van der Waals surface area (Å²) in [4.78, 5) is 20.0. The van der Waals surface area contributed by atoms with Gasteiger partial charge in [-0.05, 0) is 42.8 Å². The highest BCUT2D eigenvalue weighted by molar-refractivity contribution is 9.10. The highest BCUT2D eigenvalue weighted by atomic mass is 79.9. The minimum Gasteiger partial charge on any atom is -0.444 e. The first-order chi connectivity index (χ1) is 9.76. The van der Waals surface area contributed by atoms with Crippen LogP contribution in [0, 0.1) is 0 Å². The summed E-state index contributed by atoms with van der Waals surface area (Å²) in [5, 5.41) is 0. The number of ether oxygens (including phenoxy) is 1. The molecule has 0 bridgehead atoms. The Morgan fingerprint density at radius 3 is 2.52 bits per heavy atom. The second kappa shape index (κ2) is 6.09. The molecule has 1 aromatic heterocycles. The van der Waals surface area contributed by atoms with E-state index in [1.54, 1.807) is 11.1 Å². The SMILES string of the molecule is CC(C)(C)OC(=O)N1CCN(c2cc(Br)cnc2N)CC1. The van der Waals surface area contributed by atoms with Crippen molar-refractivity contribution in [1.82, 2.24) is 9.88 Å². The fourth-order valence-corrected chi connectivity index (χ4v) is 2.47. The number of hydrogen-bond acceptors (Lipinski definition) is 5. The van der Waals surface area contributed by atoms with Gasteiger partial charge in [0.15, 0.2) is 0 Å². The average molecular weight is 357 g/mol. The number of nitrogens with zero attached hydrogens (tertiary/aromatic N) is 3. The molecule has 0 radical (unpaired) electrons. The van der Waals surface area contributed by atoms with E-state index in [0.29, 0.717) is 32.0 Å². The number of aromatic nitrogens is 1. The van der Waals surface area contributed by atoms with Crippen molar-refractivity contribution in [3.63, 3.8) is 0 Å². The van der Waals surface area contributed by atoms with E-state index in [1.807, 2.05) is 26.8 Å². The number of hydrogen-bond donors (Lipinski definition) is 1. The van der Waals surface area contributed by atoms with Gasteiger partial charge in [0.2, 0.25) is 0 Å². The first kappa shape index (κ1) is 15.9. The molecule has 21 heavy (non-hydrogen) atoms. The normalized spacial score (nSPS) is 16.0. The first-order valence-electron chi connectivity index (χ1n) is 6.90. The molecule has 7 heteroatoms. The molecule has 2 N–H and O–H groups in total. The number of nitrogen functional groups attached to an aromatic ring is 1. The van der Waals surface area contributed by atoms with E-state index < -0.39 is 5.60 Å². The first-order valence-corrected chi connectivity index (χ1v) is 7.69. The Kier molecular flexibility index (Phi) is 4.61. The predicted molar refractivity (Wildman–Crippen MR) is 86.4 cm³/mol. The summed E-state index contributed by atoms with van der Waals surface area (Å²) in [6.45, 7) is 8.25. The van der Waals surface area contributed by atoms with Crippen molar-refractivity contribution in [3.8, 4) is 0 Å². The van der Waals surface area contributed by atoms with Crippen LogP contribution in [0.2, 0.25) is 0 Å². The molecule has 116 valence electrons. The fraction of sp³-hybridized carbons (Fsp3) is 0.571. The highest BCUT2D eigenvalue weighted by Crippen LogP contribution is 2.26. The standard InChI is InChI=1S/C14H21BrN4O2/c1-14(2,3)21-13(20)19-6-4-18(5-7-19)11-8-10(15)9-17-12(11)16/h8-9H,4-7H2,1-3H3,(H2,16,17). The molecule has 1 saturated heterocycles. The van der Waals surface area contributed by atoms with Crippen LogP contribution in [-0.2, 0) is 4.74 Å². The van der Waals surface area contributed by atoms with Crippen molar-refractivity contribution in [2.75, 3.05) is 36.8 Å². The zero-order valence-electron chi connectivity index (χ0n) is 12.6. The summed E-state index contributed by atoms with van der Waals surface area (Å²) in [6.07, 6.45) is 1.41. The summed E-state index contributed by atoms with van der Waals surface area (Å²) >= 11 is 3.40. The van der Waals surface area contributed by atoms with E-state index in [-0.39, 0.29) is 6.09 Å². The zero-order chi connectivity index (χ0) is 15.6. The number of rotatable bonds is 1. The summed E-state index contributed by atoms with van der Waals surface area (Å²) in [7, 11) is 0. The molecule has 2 heterocycles. The number of carbonyl (C=O) groups excluding carboxylic acids is 1. The van der Waals surface area contributed by atoms with E-state index in [1.165, 1.54) is 0 Å². The van der Waals surface area contributed by atoms with Crippen molar-refractivity contribution in [2.24, 2.45) is 0 Å². The number of piperazine rings is 1. The fourth-order valence-electron chi connectivity index (χ4n) is 2.15. The van der Waals surface area contributed by atoms with Crippen LogP contribution in [0.15, 0.2) is 16.7 Å². The maximum atomic E-state index is 12.0. The molecule has 0 spiro atoms. The van der Waals surface area contributed by atoms with Crippen molar-refractivity contribution in [2.45, 2.75) is 26.4 Å². The number of pyridine rings is 1. The van der Waals surface area contributed by atoms with Crippen molar-refractivity contribution >= 4 is 33.5 Å². The quantitative estimate of drug-likeness (QED) is 0.836. The maximum Gasteiger partial charge on any atom is 0.410 e. The smallest absolute Gasteiger partial charge is 0.410 e. The maximum absolute atomic E-state index is 12.0. The average Bonchev–Trinajstić information content (AvgIpc) is 2.40. The minimum absolute atomic E-state index is 0.262. The summed E-state index contributed by atoms with van der Waals surface area (Å²) < 4.78 is 6.27. The number of anilines is 2. The van der Waals surface area contributed by atoms with Crippen LogP contribution in [0.4, 0.5) is 16.3 Å². The zero-order valence-corrected chi connectivity index (χ0v) is 14.2. The van der Waals surface area contributed by atoms with Crippen LogP contribution in [0.1, 0.15) is 20.8 Å². The Labute approximate surface area is 133 Å². The van der Waals surface area contributed by atoms with Gasteiger partial charge in [0.1, 0.15) is 11.4 Å². The lowest BCUT2D eigenvalue weighted by Gasteiger charge is -2.37. The largest absolute Gasteiger partial charge is 0.444 e. The lowest BCUT2D eigenvalue weighted by molar-refractivity contribution is 0.0240. The van der Waals surface area contributed by atoms with Crippen LogP contribution in [0.5, 0.6) is 0 Å². The Balaban J connectivity index is 1.97. The van der Waals surface area contributed by atoms with Gasteiger partial charge in [-0.2, -0.15) is 0 Å². The van der Waals surface area contributed by atoms with Gasteiger partial charge in [-0.3, -0.25) is 0 Å². The van der Waals surface area contributed by atoms with Crippen LogP contribution in [0.3, 0.4) is 0 Å². The molecular weight excluding hydrogens is 336 g/mol. The van der Waals surface area contributed by atoms with Crippen LogP contribution < -0.4 is 10.6 Å². The topological polar surface area (TPSA) is 71.7 Å². The van der Waals surface area contributed by atoms with Gasteiger partial charge >= 0.3 is 6.09 Å². The van der Waals surface area contributed by atoms with Gasteiger partial charge in [0.05, 0.1) is 5.69 Å². The Morgan fingerprint density at radius 2 is 1.95 bits per heavy atom. The monoisotopic (exact) mass is 356 g/mol. The molecule has 0 aromatic carbocycles. The van der Waals surface area contributed by atoms with Crippen LogP contribution in [0.25, 0.3) is 0 Å². The number of nitrogens with two attached hydrogens (primary N) is 1. The van der Waals surface area contributed by atoms with E-state index in [9.17, 15) is 4.79 Å². The van der Waals surface area contributed by atoms with Crippen molar-refractivity contribution in [1.29, 1.82) is 0 Å². The van der Waals surface area contributed by atoms with Crippen molar-refractivity contribution in [3.05, 3.63) is 16.7 Å². The van der Waals surface area contributed by atoms with Gasteiger partial charge in [-0.1, -0.05) is 0 Å². The lowest BCUT2D eigenvalue weighted by Crippen LogP contribution is -2.50. The Bertz CT molecular complexity index is 522. The molecule has 0 aliphatic carbocycles. The third-order valence-electron chi connectivity index (χ3n) is 3.14. The molecule has 1 amide bonds. The lowest BCUT2D eigenvalue weighted by atomic mass is 10.2. The Hall–Kier alpha value is -1.50. The minimum atomic E-state index is -0.465. The number of carbonyl (C=O) groups is 1. The van der Waals surface area contributed by atoms with Gasteiger partial charge in [0.25, 0.3) is 0 Å². The number of halogens is 1. The predicted octanol–water partition coefficient (Wildman–Crippen LogP) is 2.48. The van der Waals surface area contributed by atoms with E-state index in [0.717, 1.165) is 10.2 Å². The molecule has 0 atom stereocenters. The Morgan fingerprint density at radius 1 is 1.33 bits per heavy atom. The van der Waals surface area contributed by atoms with Crippen LogP contribution in [-0.4, -0.2) is 47.8 Å². The molecule has 1 aliphatic rings. The molecule has 1 fully saturated rings. The van der Waals surface area contributed by atoms with Crippen LogP contribution >= 0.6 is 15.9 Å². The van der Waals surface area contributed by atoms with Gasteiger partial charge < -0.3 is 20.3 Å². The highest BCUT2D eigenvalue weighted by Gasteiger charge is 2.26. The molecule has 2 rings (SSSR count). The van der Waals surface area contributed by atoms with Crippen molar-refractivity contribution < 1.29 is 9.53 Å². The van der Waals surface area contributed by atoms with E-state index in [2.05, 4.69) is 25.8 Å². The van der Waals surface area contributed by atoms with E-state index >= 15 is 0 Å². The molecule has 0 saturated carbocycles. The van der Waals surface area contributed by atoms with Gasteiger partial charge in [-0.15, -0.1) is 0 Å². The second-order valence-electron chi connectivity index (χ2n) is 6.01. The second-order valence-corrected chi connectivity index (χ2v) is 6.93. The van der Waals surface area contributed by atoms with Gasteiger partial charge in [-0.25, -0.2) is 9.78 Å².